The summed E-state index contributed by atoms with van der Waals surface area (Å²) in [5.74, 6) is 0.981. The summed E-state index contributed by atoms with van der Waals surface area (Å²) in [6.45, 7) is 8.69. The van der Waals surface area contributed by atoms with Gasteiger partial charge < -0.3 is 20.2 Å². The number of hydrogen-bond donors (Lipinski definition) is 2. The molecule has 0 radical (unpaired) electrons. The van der Waals surface area contributed by atoms with Gasteiger partial charge in [-0.1, -0.05) is 20.8 Å². The summed E-state index contributed by atoms with van der Waals surface area (Å²) in [5, 5.41) is 24.0. The van der Waals surface area contributed by atoms with Crippen LogP contribution in [0.4, 0.5) is 27.9 Å². The molecule has 11 nitrogen and oxygen atoms in total. The third kappa shape index (κ3) is 4.24. The van der Waals surface area contributed by atoms with Gasteiger partial charge in [-0.05, 0) is 24.5 Å². The van der Waals surface area contributed by atoms with Crippen molar-refractivity contribution in [2.45, 2.75) is 39.8 Å². The lowest BCUT2D eigenvalue weighted by Crippen LogP contribution is -2.64. The zero-order chi connectivity index (χ0) is 22.1. The Hall–Kier alpha value is -3.50. The van der Waals surface area contributed by atoms with Crippen molar-refractivity contribution in [3.8, 4) is 0 Å². The van der Waals surface area contributed by atoms with E-state index in [9.17, 15) is 20.0 Å². The molecular weight excluding hydrogens is 390 g/mol. The maximum Gasteiger partial charge on any atom is 0.407 e. The fraction of sp³-hybridized carbons (Fsp3) is 0.474. The van der Waals surface area contributed by atoms with Gasteiger partial charge in [0.15, 0.2) is 0 Å². The molecule has 2 N–H and O–H groups in total. The fourth-order valence-electron chi connectivity index (χ4n) is 4.04. The minimum Gasteiger partial charge on any atom is -0.465 e. The monoisotopic (exact) mass is 415 g/mol. The Kier molecular flexibility index (Phi) is 5.72. The van der Waals surface area contributed by atoms with Crippen molar-refractivity contribution in [1.82, 2.24) is 19.9 Å². The molecule has 3 rings (SSSR count). The summed E-state index contributed by atoms with van der Waals surface area (Å²) in [4.78, 5) is 38.6. The number of aromatic nitrogens is 3. The van der Waals surface area contributed by atoms with Crippen LogP contribution in [-0.2, 0) is 0 Å². The van der Waals surface area contributed by atoms with Crippen molar-refractivity contribution in [2.24, 2.45) is 5.41 Å². The lowest BCUT2D eigenvalue weighted by molar-refractivity contribution is -0.384. The molecule has 0 aromatic carbocycles. The first-order valence-corrected chi connectivity index (χ1v) is 9.54. The Bertz CT molecular complexity index is 932. The van der Waals surface area contributed by atoms with Crippen LogP contribution in [0, 0.1) is 15.5 Å². The summed E-state index contributed by atoms with van der Waals surface area (Å²) in [6, 6.07) is 4.11. The van der Waals surface area contributed by atoms with Crippen LogP contribution >= 0.6 is 0 Å². The van der Waals surface area contributed by atoms with Crippen LogP contribution in [0.25, 0.3) is 0 Å². The van der Waals surface area contributed by atoms with Gasteiger partial charge in [0.05, 0.1) is 11.0 Å². The first-order valence-electron chi connectivity index (χ1n) is 9.54. The Morgan fingerprint density at radius 3 is 2.60 bits per heavy atom. The lowest BCUT2D eigenvalue weighted by atomic mass is 9.80. The minimum absolute atomic E-state index is 0.0661. The summed E-state index contributed by atoms with van der Waals surface area (Å²) in [5.41, 5.74) is -0.485. The van der Waals surface area contributed by atoms with Crippen LogP contribution in [0.5, 0.6) is 0 Å². The summed E-state index contributed by atoms with van der Waals surface area (Å²) < 4.78 is 0. The largest absolute Gasteiger partial charge is 0.465 e. The topological polar surface area (TPSA) is 138 Å². The SMILES string of the molecule is C[C@@H]1C(C(C)(C)C)N(C(=O)O)CCN1c1ccc([N+](=O)[O-])c(Nc2ccncn2)n1. The molecule has 2 atom stereocenters. The highest BCUT2D eigenvalue weighted by atomic mass is 16.6. The molecule has 1 unspecified atom stereocenters. The molecule has 1 aliphatic rings. The summed E-state index contributed by atoms with van der Waals surface area (Å²) in [7, 11) is 0. The van der Waals surface area contributed by atoms with Crippen LogP contribution in [0.3, 0.4) is 0 Å². The van der Waals surface area contributed by atoms with Crippen molar-refractivity contribution in [2.75, 3.05) is 23.3 Å². The number of nitrogens with one attached hydrogen (secondary N) is 1. The van der Waals surface area contributed by atoms with Gasteiger partial charge in [-0.15, -0.1) is 0 Å². The second-order valence-electron chi connectivity index (χ2n) is 8.23. The first kappa shape index (κ1) is 21.2. The molecule has 1 saturated heterocycles. The van der Waals surface area contributed by atoms with Crippen molar-refractivity contribution >= 4 is 29.2 Å². The zero-order valence-corrected chi connectivity index (χ0v) is 17.3. The van der Waals surface area contributed by atoms with E-state index in [1.54, 1.807) is 12.1 Å². The van der Waals surface area contributed by atoms with E-state index in [-0.39, 0.29) is 29.0 Å². The van der Waals surface area contributed by atoms with Crippen LogP contribution in [0.15, 0.2) is 30.7 Å². The highest BCUT2D eigenvalue weighted by Gasteiger charge is 2.43. The van der Waals surface area contributed by atoms with Gasteiger partial charge in [0.2, 0.25) is 5.82 Å². The molecule has 0 saturated carbocycles. The van der Waals surface area contributed by atoms with E-state index >= 15 is 0 Å². The van der Waals surface area contributed by atoms with Crippen molar-refractivity contribution < 1.29 is 14.8 Å². The number of piperazine rings is 1. The summed E-state index contributed by atoms with van der Waals surface area (Å²) >= 11 is 0. The number of carboxylic acid groups (broad SMARTS) is 1. The van der Waals surface area contributed by atoms with E-state index in [1.165, 1.54) is 23.5 Å². The quantitative estimate of drug-likeness (QED) is 0.569. The number of nitrogens with zero attached hydrogens (tertiary/aromatic N) is 6. The Labute approximate surface area is 173 Å². The zero-order valence-electron chi connectivity index (χ0n) is 17.3. The number of nitro groups is 1. The average molecular weight is 415 g/mol. The third-order valence-corrected chi connectivity index (χ3v) is 5.18. The molecular formula is C19H25N7O4. The number of rotatable bonds is 4. The van der Waals surface area contributed by atoms with E-state index in [2.05, 4.69) is 20.3 Å². The van der Waals surface area contributed by atoms with Crippen LogP contribution < -0.4 is 10.2 Å². The first-order chi connectivity index (χ1) is 14.1. The van der Waals surface area contributed by atoms with Crippen LogP contribution in [0.2, 0.25) is 0 Å². The van der Waals surface area contributed by atoms with Gasteiger partial charge in [-0.2, -0.15) is 0 Å². The number of hydrogen-bond acceptors (Lipinski definition) is 8. The Morgan fingerprint density at radius 2 is 2.03 bits per heavy atom. The smallest absolute Gasteiger partial charge is 0.407 e. The maximum absolute atomic E-state index is 11.8. The van der Waals surface area contributed by atoms with Gasteiger partial charge >= 0.3 is 11.8 Å². The molecule has 0 spiro atoms. The lowest BCUT2D eigenvalue weighted by Gasteiger charge is -2.50. The van der Waals surface area contributed by atoms with Crippen molar-refractivity contribution in [3.63, 3.8) is 0 Å². The molecule has 0 bridgehead atoms. The maximum atomic E-state index is 11.8. The number of amides is 1. The normalized spacial score (nSPS) is 19.5. The summed E-state index contributed by atoms with van der Waals surface area (Å²) in [6.07, 6.45) is 1.90. The standard InChI is InChI=1S/C19H25N7O4/c1-12-16(19(2,3)4)25(18(27)28)10-9-24(12)15-6-5-13(26(29)30)17(23-15)22-14-7-8-20-11-21-14/h5-8,11-12,16H,9-10H2,1-4H3,(H,27,28)(H,20,21,22,23)/t12-,16?/m1/s1. The molecule has 30 heavy (non-hydrogen) atoms. The fourth-order valence-corrected chi connectivity index (χ4v) is 4.04. The molecule has 1 aliphatic heterocycles. The van der Waals surface area contributed by atoms with E-state index in [4.69, 9.17) is 0 Å². The predicted octanol–water partition coefficient (Wildman–Crippen LogP) is 3.13. The van der Waals surface area contributed by atoms with Crippen LogP contribution in [0.1, 0.15) is 27.7 Å². The molecule has 2 aromatic heterocycles. The highest BCUT2D eigenvalue weighted by molar-refractivity contribution is 5.68. The molecule has 1 fully saturated rings. The highest BCUT2D eigenvalue weighted by Crippen LogP contribution is 2.35. The minimum atomic E-state index is -0.954. The van der Waals surface area contributed by atoms with Gasteiger partial charge in [-0.25, -0.2) is 19.7 Å². The number of carbonyl (C=O) groups is 1. The second kappa shape index (κ2) is 8.09. The average Bonchev–Trinajstić information content (AvgIpc) is 2.67. The van der Waals surface area contributed by atoms with Gasteiger partial charge in [-0.3, -0.25) is 10.1 Å². The van der Waals surface area contributed by atoms with Gasteiger partial charge in [0, 0.05) is 31.4 Å². The number of pyridine rings is 1. The molecule has 1 amide bonds. The van der Waals surface area contributed by atoms with Crippen LogP contribution in [-0.4, -0.2) is 61.1 Å². The Morgan fingerprint density at radius 1 is 1.30 bits per heavy atom. The predicted molar refractivity (Wildman–Crippen MR) is 111 cm³/mol. The van der Waals surface area contributed by atoms with Crippen molar-refractivity contribution in [1.29, 1.82) is 0 Å². The second-order valence-corrected chi connectivity index (χ2v) is 8.23. The molecule has 2 aromatic rings. The molecule has 0 aliphatic carbocycles. The Balaban J connectivity index is 1.97. The van der Waals surface area contributed by atoms with Gasteiger partial charge in [0.1, 0.15) is 18.0 Å². The van der Waals surface area contributed by atoms with Gasteiger partial charge in [0.25, 0.3) is 0 Å². The molecule has 160 valence electrons. The molecule has 3 heterocycles. The third-order valence-electron chi connectivity index (χ3n) is 5.18. The van der Waals surface area contributed by atoms with Crippen molar-refractivity contribution in [3.05, 3.63) is 40.8 Å². The molecule has 11 heteroatoms. The van der Waals surface area contributed by atoms with E-state index in [1.807, 2.05) is 32.6 Å². The van der Waals surface area contributed by atoms with E-state index in [0.717, 1.165) is 0 Å². The van der Waals surface area contributed by atoms with E-state index < -0.39 is 11.0 Å². The number of anilines is 3. The van der Waals surface area contributed by atoms with E-state index in [0.29, 0.717) is 24.7 Å².